The minimum Gasteiger partial charge on any atom is -0.504 e. The predicted molar refractivity (Wildman–Crippen MR) is 112 cm³/mol. The topological polar surface area (TPSA) is 78.9 Å². The Kier molecular flexibility index (Phi) is 5.88. The van der Waals surface area contributed by atoms with Crippen LogP contribution in [0.3, 0.4) is 0 Å². The quantitative estimate of drug-likeness (QED) is 0.431. The second-order valence-electron chi connectivity index (χ2n) is 5.69. The van der Waals surface area contributed by atoms with Crippen molar-refractivity contribution in [3.8, 4) is 11.5 Å². The summed E-state index contributed by atoms with van der Waals surface area (Å²) in [6.07, 6.45) is 1.38. The summed E-state index contributed by atoms with van der Waals surface area (Å²) in [5.74, 6) is -1.10. The van der Waals surface area contributed by atoms with Crippen molar-refractivity contribution in [2.45, 2.75) is 6.92 Å². The van der Waals surface area contributed by atoms with Crippen LogP contribution < -0.4 is 15.0 Å². The summed E-state index contributed by atoms with van der Waals surface area (Å²) in [7, 11) is 0. The van der Waals surface area contributed by atoms with Crippen molar-refractivity contribution in [1.29, 1.82) is 0 Å². The zero-order valence-corrected chi connectivity index (χ0v) is 16.9. The molecule has 1 aliphatic rings. The maximum atomic E-state index is 13.0. The van der Waals surface area contributed by atoms with E-state index in [9.17, 15) is 14.7 Å². The number of halogens is 2. The van der Waals surface area contributed by atoms with Gasteiger partial charge < -0.3 is 9.84 Å². The second kappa shape index (κ2) is 8.18. The fourth-order valence-electron chi connectivity index (χ4n) is 2.60. The Bertz CT molecular complexity index is 1020. The number of phenols is 1. The molecule has 0 aliphatic carbocycles. The van der Waals surface area contributed by atoms with E-state index in [0.717, 1.165) is 4.90 Å². The minimum absolute atomic E-state index is 0.0445. The summed E-state index contributed by atoms with van der Waals surface area (Å²) >= 11 is 17.4. The van der Waals surface area contributed by atoms with Gasteiger partial charge in [-0.2, -0.15) is 0 Å². The molecule has 6 nitrogen and oxygen atoms in total. The molecule has 0 unspecified atom stereocenters. The van der Waals surface area contributed by atoms with Gasteiger partial charge in [0.15, 0.2) is 16.6 Å². The van der Waals surface area contributed by atoms with Crippen molar-refractivity contribution in [2.75, 3.05) is 11.5 Å². The zero-order chi connectivity index (χ0) is 20.4. The standard InChI is InChI=1S/C19H14Cl2N2O4S/c1-2-27-15-9-10(6-7-14(15)24)8-11-17(25)22-19(28)23(18(11)26)13-5-3-4-12(20)16(13)21/h3-9,24H,2H2,1H3,(H,22,25,28)/b11-8+. The first-order valence-corrected chi connectivity index (χ1v) is 9.31. The molecule has 0 atom stereocenters. The summed E-state index contributed by atoms with van der Waals surface area (Å²) in [4.78, 5) is 26.5. The molecule has 0 spiro atoms. The van der Waals surface area contributed by atoms with Crippen molar-refractivity contribution in [3.63, 3.8) is 0 Å². The third kappa shape index (κ3) is 3.82. The van der Waals surface area contributed by atoms with E-state index < -0.39 is 11.8 Å². The number of phenolic OH excluding ortho intramolecular Hbond substituents is 1. The van der Waals surface area contributed by atoms with E-state index in [1.165, 1.54) is 18.2 Å². The Balaban J connectivity index is 2.04. The maximum Gasteiger partial charge on any atom is 0.270 e. The first-order valence-electron chi connectivity index (χ1n) is 8.14. The maximum absolute atomic E-state index is 13.0. The van der Waals surface area contributed by atoms with Gasteiger partial charge in [-0.1, -0.05) is 35.3 Å². The Morgan fingerprint density at radius 1 is 1.25 bits per heavy atom. The normalized spacial score (nSPS) is 15.8. The van der Waals surface area contributed by atoms with Gasteiger partial charge in [0.1, 0.15) is 5.57 Å². The van der Waals surface area contributed by atoms with Crippen molar-refractivity contribution in [3.05, 3.63) is 57.6 Å². The van der Waals surface area contributed by atoms with Crippen LogP contribution in [0.25, 0.3) is 6.08 Å². The number of benzene rings is 2. The zero-order valence-electron chi connectivity index (χ0n) is 14.5. The molecule has 2 aromatic carbocycles. The lowest BCUT2D eigenvalue weighted by atomic mass is 10.1. The highest BCUT2D eigenvalue weighted by Gasteiger charge is 2.35. The molecule has 0 saturated carbocycles. The number of nitrogens with one attached hydrogen (secondary N) is 1. The second-order valence-corrected chi connectivity index (χ2v) is 6.86. The fourth-order valence-corrected chi connectivity index (χ4v) is 3.25. The third-order valence-electron chi connectivity index (χ3n) is 3.87. The van der Waals surface area contributed by atoms with Crippen LogP contribution in [0, 0.1) is 0 Å². The van der Waals surface area contributed by atoms with Gasteiger partial charge in [-0.3, -0.25) is 19.8 Å². The highest BCUT2D eigenvalue weighted by Crippen LogP contribution is 2.34. The number of anilines is 1. The lowest BCUT2D eigenvalue weighted by Crippen LogP contribution is -2.54. The Morgan fingerprint density at radius 3 is 2.71 bits per heavy atom. The molecule has 28 heavy (non-hydrogen) atoms. The number of carbonyl (C=O) groups is 2. The van der Waals surface area contributed by atoms with Gasteiger partial charge >= 0.3 is 0 Å². The molecular formula is C19H14Cl2N2O4S. The molecule has 1 saturated heterocycles. The van der Waals surface area contributed by atoms with Gasteiger partial charge in [-0.05, 0) is 55.0 Å². The van der Waals surface area contributed by atoms with E-state index in [4.69, 9.17) is 40.2 Å². The molecule has 0 bridgehead atoms. The first kappa shape index (κ1) is 20.1. The first-order chi connectivity index (χ1) is 13.3. The molecular weight excluding hydrogens is 423 g/mol. The number of hydrogen-bond donors (Lipinski definition) is 2. The van der Waals surface area contributed by atoms with Crippen LogP contribution in [0.15, 0.2) is 42.0 Å². The molecule has 1 heterocycles. The lowest BCUT2D eigenvalue weighted by molar-refractivity contribution is -0.122. The average molecular weight is 437 g/mol. The number of thiocarbonyl (C=S) groups is 1. The third-order valence-corrected chi connectivity index (χ3v) is 4.96. The number of amides is 2. The average Bonchev–Trinajstić information content (AvgIpc) is 2.64. The van der Waals surface area contributed by atoms with Gasteiger partial charge in [0.25, 0.3) is 11.8 Å². The molecule has 0 radical (unpaired) electrons. The van der Waals surface area contributed by atoms with Crippen molar-refractivity contribution >= 4 is 64.1 Å². The molecule has 1 aliphatic heterocycles. The Labute approximate surface area is 176 Å². The highest BCUT2D eigenvalue weighted by atomic mass is 35.5. The molecule has 144 valence electrons. The summed E-state index contributed by atoms with van der Waals surface area (Å²) < 4.78 is 5.33. The van der Waals surface area contributed by atoms with Crippen LogP contribution in [0.1, 0.15) is 12.5 Å². The van der Waals surface area contributed by atoms with E-state index in [1.54, 1.807) is 31.2 Å². The van der Waals surface area contributed by atoms with Crippen molar-refractivity contribution in [2.24, 2.45) is 0 Å². The van der Waals surface area contributed by atoms with Gasteiger partial charge in [-0.15, -0.1) is 0 Å². The van der Waals surface area contributed by atoms with E-state index in [1.807, 2.05) is 0 Å². The highest BCUT2D eigenvalue weighted by molar-refractivity contribution is 7.80. The minimum atomic E-state index is -0.649. The number of nitrogens with zero attached hydrogens (tertiary/aromatic N) is 1. The number of carbonyl (C=O) groups excluding carboxylic acids is 2. The van der Waals surface area contributed by atoms with Crippen molar-refractivity contribution in [1.82, 2.24) is 5.32 Å². The summed E-state index contributed by atoms with van der Waals surface area (Å²) in [6.45, 7) is 2.12. The van der Waals surface area contributed by atoms with Crippen LogP contribution in [0.4, 0.5) is 5.69 Å². The van der Waals surface area contributed by atoms with E-state index in [-0.39, 0.29) is 37.9 Å². The van der Waals surface area contributed by atoms with Crippen LogP contribution in [0.5, 0.6) is 11.5 Å². The summed E-state index contributed by atoms with van der Waals surface area (Å²) in [6, 6.07) is 9.25. The molecule has 2 aromatic rings. The summed E-state index contributed by atoms with van der Waals surface area (Å²) in [5.41, 5.74) is 0.596. The molecule has 2 amide bonds. The fraction of sp³-hybridized carbons (Fsp3) is 0.105. The van der Waals surface area contributed by atoms with Crippen LogP contribution >= 0.6 is 35.4 Å². The predicted octanol–water partition coefficient (Wildman–Crippen LogP) is 3.93. The smallest absolute Gasteiger partial charge is 0.270 e. The Hall–Kier alpha value is -2.61. The molecule has 2 N–H and O–H groups in total. The van der Waals surface area contributed by atoms with Gasteiger partial charge in [-0.25, -0.2) is 0 Å². The number of hydrogen-bond acceptors (Lipinski definition) is 5. The number of ether oxygens (including phenoxy) is 1. The van der Waals surface area contributed by atoms with Gasteiger partial charge in [0.05, 0.1) is 22.3 Å². The van der Waals surface area contributed by atoms with Crippen LogP contribution in [-0.4, -0.2) is 28.6 Å². The molecule has 3 rings (SSSR count). The van der Waals surface area contributed by atoms with Crippen LogP contribution in [0.2, 0.25) is 10.0 Å². The monoisotopic (exact) mass is 436 g/mol. The summed E-state index contributed by atoms with van der Waals surface area (Å²) in [5, 5.41) is 12.6. The largest absolute Gasteiger partial charge is 0.504 e. The van der Waals surface area contributed by atoms with E-state index in [2.05, 4.69) is 5.32 Å². The molecule has 1 fully saturated rings. The SMILES string of the molecule is CCOc1cc(/C=C2\C(=O)NC(=S)N(c3cccc(Cl)c3Cl)C2=O)ccc1O. The molecule has 0 aromatic heterocycles. The Morgan fingerprint density at radius 2 is 2.00 bits per heavy atom. The lowest BCUT2D eigenvalue weighted by Gasteiger charge is -2.29. The van der Waals surface area contributed by atoms with Gasteiger partial charge in [0, 0.05) is 0 Å². The van der Waals surface area contributed by atoms with E-state index in [0.29, 0.717) is 12.2 Å². The number of aromatic hydroxyl groups is 1. The van der Waals surface area contributed by atoms with Crippen molar-refractivity contribution < 1.29 is 19.4 Å². The van der Waals surface area contributed by atoms with E-state index >= 15 is 0 Å². The van der Waals surface area contributed by atoms with Gasteiger partial charge in [0.2, 0.25) is 0 Å². The number of rotatable bonds is 4. The molecule has 9 heteroatoms. The van der Waals surface area contributed by atoms with Crippen LogP contribution in [-0.2, 0) is 9.59 Å².